The molecule has 0 bridgehead atoms. The average Bonchev–Trinajstić information content (AvgIpc) is 2.97. The summed E-state index contributed by atoms with van der Waals surface area (Å²) in [6.45, 7) is 5.91. The highest BCUT2D eigenvalue weighted by atomic mass is 19.3. The number of rotatable bonds is 3. The maximum absolute atomic E-state index is 12.8. The quantitative estimate of drug-likeness (QED) is 0.656. The molecule has 0 aromatic heterocycles. The number of aliphatic hydroxyl groups excluding tert-OH is 2. The Morgan fingerprint density at radius 3 is 1.88 bits per heavy atom. The molecule has 2 fully saturated rings. The van der Waals surface area contributed by atoms with Crippen LogP contribution in [0.25, 0.3) is 0 Å². The lowest BCUT2D eigenvalue weighted by Gasteiger charge is -2.25. The van der Waals surface area contributed by atoms with E-state index in [0.29, 0.717) is 0 Å². The van der Waals surface area contributed by atoms with Crippen LogP contribution in [0, 0.1) is 0 Å². The summed E-state index contributed by atoms with van der Waals surface area (Å²) in [5.41, 5.74) is 0. The van der Waals surface area contributed by atoms with Crippen molar-refractivity contribution in [3.63, 3.8) is 0 Å². The van der Waals surface area contributed by atoms with Gasteiger partial charge < -0.3 is 20.3 Å². The van der Waals surface area contributed by atoms with Crippen LogP contribution in [0.2, 0.25) is 0 Å². The molecule has 2 saturated heterocycles. The molecule has 2 aliphatic rings. The standard InChI is InChI=1S/C8H15F2NO.C5H9F2NO.C3H6O/c1-6(2)11-5-8(9,10)3-7(11)4-12;6-5(7)1-4(2-9)8-3-5;1-3(2)4/h6-7,12H,3-5H2,1-2H3;4,8-9H,1-3H2;1-2H3/t7-;4-;/m00./s1. The number of likely N-dealkylation sites (tertiary alicyclic amines) is 1. The molecule has 2 rings (SSSR count). The first-order valence-electron chi connectivity index (χ1n) is 8.27. The van der Waals surface area contributed by atoms with Crippen LogP contribution in [0.3, 0.4) is 0 Å². The van der Waals surface area contributed by atoms with Crippen LogP contribution in [0.4, 0.5) is 17.6 Å². The van der Waals surface area contributed by atoms with E-state index in [1.165, 1.54) is 13.8 Å². The molecule has 0 aromatic carbocycles. The molecular formula is C16H30F4N2O3. The van der Waals surface area contributed by atoms with Gasteiger partial charge in [-0.25, -0.2) is 17.6 Å². The van der Waals surface area contributed by atoms with E-state index in [4.69, 9.17) is 10.2 Å². The van der Waals surface area contributed by atoms with Crippen molar-refractivity contribution in [3.05, 3.63) is 0 Å². The normalized spacial score (nSPS) is 27.3. The Morgan fingerprint density at radius 1 is 1.12 bits per heavy atom. The summed E-state index contributed by atoms with van der Waals surface area (Å²) in [7, 11) is 0. The molecule has 2 heterocycles. The third kappa shape index (κ3) is 10.1. The molecule has 150 valence electrons. The van der Waals surface area contributed by atoms with Crippen LogP contribution in [-0.2, 0) is 4.79 Å². The zero-order chi connectivity index (χ0) is 19.8. The molecule has 2 atom stereocenters. The van der Waals surface area contributed by atoms with E-state index >= 15 is 0 Å². The van der Waals surface area contributed by atoms with Crippen molar-refractivity contribution >= 4 is 5.78 Å². The lowest BCUT2D eigenvalue weighted by molar-refractivity contribution is -0.115. The topological polar surface area (TPSA) is 72.8 Å². The molecule has 0 unspecified atom stereocenters. The number of Topliss-reactive ketones (excluding diaryl/α,β-unsaturated/α-hetero) is 1. The number of hydrogen-bond acceptors (Lipinski definition) is 5. The van der Waals surface area contributed by atoms with Gasteiger partial charge in [-0.3, -0.25) is 4.90 Å². The molecule has 0 spiro atoms. The fourth-order valence-corrected chi connectivity index (χ4v) is 2.62. The van der Waals surface area contributed by atoms with Crippen molar-refractivity contribution in [2.45, 2.75) is 70.5 Å². The molecule has 25 heavy (non-hydrogen) atoms. The second-order valence-electron chi connectivity index (χ2n) is 6.89. The molecule has 0 aliphatic carbocycles. The summed E-state index contributed by atoms with van der Waals surface area (Å²) in [6, 6.07) is -0.685. The average molecular weight is 374 g/mol. The Morgan fingerprint density at radius 2 is 1.64 bits per heavy atom. The van der Waals surface area contributed by atoms with Gasteiger partial charge in [0.05, 0.1) is 26.3 Å². The highest BCUT2D eigenvalue weighted by Gasteiger charge is 2.45. The summed E-state index contributed by atoms with van der Waals surface area (Å²) in [5.74, 6) is -5.05. The zero-order valence-electron chi connectivity index (χ0n) is 15.2. The molecule has 5 nitrogen and oxygen atoms in total. The van der Waals surface area contributed by atoms with Crippen LogP contribution in [0.1, 0.15) is 40.5 Å². The Labute approximate surface area is 146 Å². The maximum atomic E-state index is 12.8. The molecule has 0 radical (unpaired) electrons. The van der Waals surface area contributed by atoms with E-state index < -0.39 is 17.9 Å². The summed E-state index contributed by atoms with van der Waals surface area (Å²) in [6.07, 6.45) is -0.439. The van der Waals surface area contributed by atoms with Crippen molar-refractivity contribution in [2.75, 3.05) is 26.3 Å². The van der Waals surface area contributed by atoms with Gasteiger partial charge in [-0.05, 0) is 27.7 Å². The smallest absolute Gasteiger partial charge is 0.262 e. The molecule has 2 aliphatic heterocycles. The fourth-order valence-electron chi connectivity index (χ4n) is 2.62. The number of aliphatic hydroxyl groups is 2. The number of ketones is 1. The predicted molar refractivity (Wildman–Crippen MR) is 87.1 cm³/mol. The highest BCUT2D eigenvalue weighted by Crippen LogP contribution is 2.32. The van der Waals surface area contributed by atoms with E-state index in [9.17, 15) is 22.4 Å². The van der Waals surface area contributed by atoms with E-state index in [0.717, 1.165) is 0 Å². The number of hydrogen-bond donors (Lipinski definition) is 3. The van der Waals surface area contributed by atoms with E-state index in [1.54, 1.807) is 4.90 Å². The largest absolute Gasteiger partial charge is 0.395 e. The molecule has 0 saturated carbocycles. The van der Waals surface area contributed by atoms with E-state index in [1.807, 2.05) is 13.8 Å². The second-order valence-corrected chi connectivity index (χ2v) is 6.89. The van der Waals surface area contributed by atoms with Crippen molar-refractivity contribution in [2.24, 2.45) is 0 Å². The molecule has 0 amide bonds. The van der Waals surface area contributed by atoms with Gasteiger partial charge in [0.1, 0.15) is 5.78 Å². The van der Waals surface area contributed by atoms with Crippen LogP contribution in [0.5, 0.6) is 0 Å². The monoisotopic (exact) mass is 374 g/mol. The van der Waals surface area contributed by atoms with Crippen molar-refractivity contribution < 1.29 is 32.6 Å². The Balaban J connectivity index is 0.000000391. The lowest BCUT2D eigenvalue weighted by atomic mass is 10.2. The molecule has 3 N–H and O–H groups in total. The van der Waals surface area contributed by atoms with Gasteiger partial charge in [0.25, 0.3) is 11.8 Å². The van der Waals surface area contributed by atoms with E-state index in [2.05, 4.69) is 5.32 Å². The summed E-state index contributed by atoms with van der Waals surface area (Å²) < 4.78 is 50.1. The third-order valence-electron chi connectivity index (χ3n) is 3.71. The third-order valence-corrected chi connectivity index (χ3v) is 3.71. The van der Waals surface area contributed by atoms with Gasteiger partial charge >= 0.3 is 0 Å². The van der Waals surface area contributed by atoms with Crippen molar-refractivity contribution in [1.29, 1.82) is 0 Å². The Bertz CT molecular complexity index is 405. The van der Waals surface area contributed by atoms with Crippen LogP contribution in [0.15, 0.2) is 0 Å². The first-order chi connectivity index (χ1) is 11.3. The summed E-state index contributed by atoms with van der Waals surface area (Å²) in [5, 5.41) is 19.7. The van der Waals surface area contributed by atoms with Crippen LogP contribution >= 0.6 is 0 Å². The number of halogens is 4. The number of carbonyl (C=O) groups excluding carboxylic acids is 1. The van der Waals surface area contributed by atoms with Gasteiger partial charge in [-0.1, -0.05) is 0 Å². The predicted octanol–water partition coefficient (Wildman–Crippen LogP) is 1.67. The first-order valence-corrected chi connectivity index (χ1v) is 8.27. The zero-order valence-corrected chi connectivity index (χ0v) is 15.2. The summed E-state index contributed by atoms with van der Waals surface area (Å²) in [4.78, 5) is 11.1. The van der Waals surface area contributed by atoms with Gasteiger partial charge in [-0.15, -0.1) is 0 Å². The number of carbonyl (C=O) groups is 1. The fraction of sp³-hybridized carbons (Fsp3) is 0.938. The van der Waals surface area contributed by atoms with Gasteiger partial charge in [0.15, 0.2) is 0 Å². The van der Waals surface area contributed by atoms with Crippen molar-refractivity contribution in [3.8, 4) is 0 Å². The molecular weight excluding hydrogens is 344 g/mol. The van der Waals surface area contributed by atoms with E-state index in [-0.39, 0.29) is 57.0 Å². The van der Waals surface area contributed by atoms with Crippen LogP contribution in [-0.4, -0.2) is 77.2 Å². The SMILES string of the molecule is CC(C)=O.CC(C)N1CC(F)(F)C[C@H]1CO.OC[C@@H]1CC(F)(F)CN1. The number of nitrogens with one attached hydrogen (secondary N) is 1. The first kappa shape index (κ1) is 24.2. The van der Waals surface area contributed by atoms with Crippen LogP contribution < -0.4 is 5.32 Å². The minimum Gasteiger partial charge on any atom is -0.395 e. The molecule has 9 heteroatoms. The van der Waals surface area contributed by atoms with Gasteiger partial charge in [0, 0.05) is 31.0 Å². The second kappa shape index (κ2) is 10.4. The lowest BCUT2D eigenvalue weighted by Crippen LogP contribution is -2.38. The van der Waals surface area contributed by atoms with Crippen molar-refractivity contribution in [1.82, 2.24) is 10.2 Å². The Hall–Kier alpha value is -0.770. The summed E-state index contributed by atoms with van der Waals surface area (Å²) >= 11 is 0. The molecule has 0 aromatic rings. The number of nitrogens with zero attached hydrogens (tertiary/aromatic N) is 1. The Kier molecular flexibility index (Phi) is 10.1. The number of alkyl halides is 4. The van der Waals surface area contributed by atoms with Gasteiger partial charge in [-0.2, -0.15) is 0 Å². The highest BCUT2D eigenvalue weighted by molar-refractivity contribution is 5.72. The maximum Gasteiger partial charge on any atom is 0.262 e. The minimum absolute atomic E-state index is 0.0792. The minimum atomic E-state index is -2.61. The van der Waals surface area contributed by atoms with Gasteiger partial charge in [0.2, 0.25) is 0 Å².